The van der Waals surface area contributed by atoms with Gasteiger partial charge in [0.15, 0.2) is 5.96 Å². The Balaban J connectivity index is 1.55. The summed E-state index contributed by atoms with van der Waals surface area (Å²) in [7, 11) is 1.78. The van der Waals surface area contributed by atoms with E-state index in [-0.39, 0.29) is 11.8 Å². The van der Waals surface area contributed by atoms with Gasteiger partial charge in [0.2, 0.25) is 5.91 Å². The van der Waals surface area contributed by atoms with Gasteiger partial charge in [-0.2, -0.15) is 0 Å². The van der Waals surface area contributed by atoms with Gasteiger partial charge in [-0.15, -0.1) is 0 Å². The Morgan fingerprint density at radius 3 is 2.48 bits per heavy atom. The molecule has 2 saturated carbocycles. The third kappa shape index (κ3) is 9.42. The van der Waals surface area contributed by atoms with Crippen molar-refractivity contribution < 1.29 is 14.3 Å². The molecule has 0 aromatic carbocycles. The van der Waals surface area contributed by atoms with Crippen molar-refractivity contribution in [3.8, 4) is 0 Å². The molecular weight excluding hydrogens is 344 g/mol. The van der Waals surface area contributed by atoms with E-state index in [1.54, 1.807) is 7.05 Å². The van der Waals surface area contributed by atoms with Gasteiger partial charge in [0.25, 0.3) is 0 Å². The van der Waals surface area contributed by atoms with E-state index in [4.69, 9.17) is 9.47 Å². The summed E-state index contributed by atoms with van der Waals surface area (Å²) in [6.45, 7) is 5.57. The van der Waals surface area contributed by atoms with E-state index in [9.17, 15) is 4.79 Å². The molecule has 2 unspecified atom stereocenters. The number of hydrogen-bond acceptors (Lipinski definition) is 4. The molecule has 7 nitrogen and oxygen atoms in total. The number of aliphatic imine (C=N–C) groups is 1. The average molecular weight is 383 g/mol. The fourth-order valence-corrected chi connectivity index (χ4v) is 3.30. The summed E-state index contributed by atoms with van der Waals surface area (Å²) in [6, 6.07) is 0.741. The largest absolute Gasteiger partial charge is 0.379 e. The summed E-state index contributed by atoms with van der Waals surface area (Å²) in [5.41, 5.74) is 0. The van der Waals surface area contributed by atoms with Crippen LogP contribution in [0.25, 0.3) is 0 Å². The first kappa shape index (κ1) is 22.0. The normalized spacial score (nSPS) is 23.1. The molecule has 0 bridgehead atoms. The van der Waals surface area contributed by atoms with Crippen LogP contribution in [-0.2, 0) is 14.3 Å². The monoisotopic (exact) mass is 382 g/mol. The fourth-order valence-electron chi connectivity index (χ4n) is 3.30. The van der Waals surface area contributed by atoms with Crippen molar-refractivity contribution in [3.63, 3.8) is 0 Å². The Hall–Kier alpha value is -1.34. The van der Waals surface area contributed by atoms with Crippen LogP contribution in [-0.4, -0.2) is 64.0 Å². The van der Waals surface area contributed by atoms with E-state index in [0.29, 0.717) is 38.4 Å². The number of amides is 1. The van der Waals surface area contributed by atoms with Crippen LogP contribution in [0.1, 0.15) is 58.3 Å². The Labute approximate surface area is 164 Å². The molecule has 1 amide bonds. The van der Waals surface area contributed by atoms with Gasteiger partial charge in [-0.05, 0) is 38.5 Å². The number of nitrogens with zero attached hydrogens (tertiary/aromatic N) is 1. The zero-order valence-electron chi connectivity index (χ0n) is 17.1. The fraction of sp³-hybridized carbons (Fsp3) is 0.900. The lowest BCUT2D eigenvalue weighted by Crippen LogP contribution is -2.47. The molecule has 156 valence electrons. The minimum atomic E-state index is 0.131. The first-order valence-electron chi connectivity index (χ1n) is 10.7. The number of carbonyl (C=O) groups excluding carboxylic acids is 1. The second kappa shape index (κ2) is 12.9. The maximum Gasteiger partial charge on any atom is 0.223 e. The summed E-state index contributed by atoms with van der Waals surface area (Å²) in [6.07, 6.45) is 8.59. The lowest BCUT2D eigenvalue weighted by atomic mass is 9.85. The Kier molecular flexibility index (Phi) is 10.5. The van der Waals surface area contributed by atoms with Gasteiger partial charge in [-0.25, -0.2) is 0 Å². The van der Waals surface area contributed by atoms with Gasteiger partial charge in [-0.1, -0.05) is 19.8 Å². The van der Waals surface area contributed by atoms with E-state index in [1.807, 2.05) is 0 Å². The Bertz CT molecular complexity index is 455. The van der Waals surface area contributed by atoms with Crippen molar-refractivity contribution in [2.75, 3.05) is 40.0 Å². The first-order chi connectivity index (χ1) is 13.2. The van der Waals surface area contributed by atoms with Gasteiger partial charge in [0, 0.05) is 38.2 Å². The lowest BCUT2D eigenvalue weighted by Gasteiger charge is -2.30. The molecule has 0 heterocycles. The molecule has 0 saturated heterocycles. The third-order valence-corrected chi connectivity index (χ3v) is 5.09. The van der Waals surface area contributed by atoms with Crippen molar-refractivity contribution in [1.29, 1.82) is 0 Å². The molecule has 2 aliphatic carbocycles. The summed E-state index contributed by atoms with van der Waals surface area (Å²) >= 11 is 0. The van der Waals surface area contributed by atoms with Crippen LogP contribution in [0.15, 0.2) is 4.99 Å². The van der Waals surface area contributed by atoms with Crippen LogP contribution in [0.2, 0.25) is 0 Å². The van der Waals surface area contributed by atoms with Crippen molar-refractivity contribution in [3.05, 3.63) is 0 Å². The zero-order chi connectivity index (χ0) is 19.3. The van der Waals surface area contributed by atoms with E-state index in [0.717, 1.165) is 63.9 Å². The van der Waals surface area contributed by atoms with E-state index >= 15 is 0 Å². The maximum atomic E-state index is 12.3. The van der Waals surface area contributed by atoms with Crippen molar-refractivity contribution in [1.82, 2.24) is 16.0 Å². The number of hydrogen-bond donors (Lipinski definition) is 3. The summed E-state index contributed by atoms with van der Waals surface area (Å²) in [4.78, 5) is 16.6. The number of nitrogens with one attached hydrogen (secondary N) is 3. The molecule has 0 aromatic heterocycles. The number of carbonyl (C=O) groups is 1. The minimum Gasteiger partial charge on any atom is -0.379 e. The van der Waals surface area contributed by atoms with Crippen molar-refractivity contribution >= 4 is 11.9 Å². The number of rotatable bonds is 12. The lowest BCUT2D eigenvalue weighted by molar-refractivity contribution is -0.126. The quantitative estimate of drug-likeness (QED) is 0.272. The van der Waals surface area contributed by atoms with Crippen LogP contribution in [0, 0.1) is 5.92 Å². The molecule has 2 atom stereocenters. The SMILES string of the molecule is CCCCOCCOCCNC(=NC)NC1CCCC(C(=O)NC2CC2)C1. The average Bonchev–Trinajstić information content (AvgIpc) is 3.50. The van der Waals surface area contributed by atoms with Gasteiger partial charge in [0.05, 0.1) is 19.8 Å². The Morgan fingerprint density at radius 2 is 1.78 bits per heavy atom. The minimum absolute atomic E-state index is 0.131. The maximum absolute atomic E-state index is 12.3. The van der Waals surface area contributed by atoms with Crippen LogP contribution >= 0.6 is 0 Å². The molecular formula is C20H38N4O3. The molecule has 0 aliphatic heterocycles. The highest BCUT2D eigenvalue weighted by Gasteiger charge is 2.31. The zero-order valence-corrected chi connectivity index (χ0v) is 17.1. The first-order valence-corrected chi connectivity index (χ1v) is 10.7. The summed E-state index contributed by atoms with van der Waals surface area (Å²) < 4.78 is 11.0. The highest BCUT2D eigenvalue weighted by Crippen LogP contribution is 2.26. The molecule has 27 heavy (non-hydrogen) atoms. The van der Waals surface area contributed by atoms with Gasteiger partial charge in [-0.3, -0.25) is 9.79 Å². The predicted molar refractivity (Wildman–Crippen MR) is 108 cm³/mol. The number of unbranched alkanes of at least 4 members (excludes halogenated alkanes) is 1. The van der Waals surface area contributed by atoms with Crippen molar-refractivity contribution in [2.24, 2.45) is 10.9 Å². The van der Waals surface area contributed by atoms with E-state index < -0.39 is 0 Å². The van der Waals surface area contributed by atoms with Crippen LogP contribution in [0.5, 0.6) is 0 Å². The topological polar surface area (TPSA) is 84.0 Å². The number of ether oxygens (including phenoxy) is 2. The van der Waals surface area contributed by atoms with Crippen molar-refractivity contribution in [2.45, 2.75) is 70.4 Å². The van der Waals surface area contributed by atoms with Crippen LogP contribution in [0.4, 0.5) is 0 Å². The van der Waals surface area contributed by atoms with E-state index in [2.05, 4.69) is 27.9 Å². The van der Waals surface area contributed by atoms with Gasteiger partial charge < -0.3 is 25.4 Å². The summed E-state index contributed by atoms with van der Waals surface area (Å²) in [5.74, 6) is 1.15. The highest BCUT2D eigenvalue weighted by atomic mass is 16.5. The van der Waals surface area contributed by atoms with Crippen LogP contribution in [0.3, 0.4) is 0 Å². The van der Waals surface area contributed by atoms with Gasteiger partial charge in [0.1, 0.15) is 0 Å². The number of guanidine groups is 1. The third-order valence-electron chi connectivity index (χ3n) is 5.09. The molecule has 0 radical (unpaired) electrons. The molecule has 2 fully saturated rings. The second-order valence-electron chi connectivity index (χ2n) is 7.56. The van der Waals surface area contributed by atoms with E-state index in [1.165, 1.54) is 0 Å². The molecule has 0 spiro atoms. The molecule has 7 heteroatoms. The molecule has 3 N–H and O–H groups in total. The smallest absolute Gasteiger partial charge is 0.223 e. The predicted octanol–water partition coefficient (Wildman–Crippen LogP) is 1.82. The molecule has 2 rings (SSSR count). The van der Waals surface area contributed by atoms with Gasteiger partial charge >= 0.3 is 0 Å². The molecule has 0 aromatic rings. The summed E-state index contributed by atoms with van der Waals surface area (Å²) in [5, 5.41) is 9.89. The van der Waals surface area contributed by atoms with Crippen LogP contribution < -0.4 is 16.0 Å². The molecule has 2 aliphatic rings. The Morgan fingerprint density at radius 1 is 1.00 bits per heavy atom. The second-order valence-corrected chi connectivity index (χ2v) is 7.56. The standard InChI is InChI=1S/C20H38N4O3/c1-3-4-11-26-13-14-27-12-10-22-20(21-2)24-18-7-5-6-16(15-18)19(25)23-17-8-9-17/h16-18H,3-15H2,1-2H3,(H,23,25)(H2,21,22,24). The highest BCUT2D eigenvalue weighted by molar-refractivity contribution is 5.81.